The van der Waals surface area contributed by atoms with Gasteiger partial charge in [-0.05, 0) is 37.3 Å². The van der Waals surface area contributed by atoms with Gasteiger partial charge in [-0.2, -0.15) is 0 Å². The van der Waals surface area contributed by atoms with Gasteiger partial charge in [-0.3, -0.25) is 9.59 Å². The van der Waals surface area contributed by atoms with E-state index in [9.17, 15) is 9.59 Å². The van der Waals surface area contributed by atoms with E-state index < -0.39 is 0 Å². The van der Waals surface area contributed by atoms with Crippen LogP contribution in [0.15, 0.2) is 57.9 Å². The molecule has 126 valence electrons. The minimum Gasteiger partial charge on any atom is -0.483 e. The first-order valence-electron chi connectivity index (χ1n) is 7.44. The Morgan fingerprint density at radius 2 is 1.92 bits per heavy atom. The average molecular weight is 408 g/mol. The highest BCUT2D eigenvalue weighted by Crippen LogP contribution is 2.23. The van der Waals surface area contributed by atoms with Crippen molar-refractivity contribution in [1.82, 2.24) is 5.32 Å². The summed E-state index contributed by atoms with van der Waals surface area (Å²) in [5.41, 5.74) is 0.455. The van der Waals surface area contributed by atoms with Crippen molar-refractivity contribution in [1.29, 1.82) is 0 Å². The number of benzene rings is 2. The lowest BCUT2D eigenvalue weighted by molar-refractivity contribution is -0.122. The molecular formula is C18H18BrNO3S. The molecule has 0 spiro atoms. The van der Waals surface area contributed by atoms with Crippen LogP contribution in [-0.4, -0.2) is 30.6 Å². The first kappa shape index (κ1) is 18.5. The molecule has 0 unspecified atom stereocenters. The van der Waals surface area contributed by atoms with Crippen LogP contribution in [0.2, 0.25) is 0 Å². The monoisotopic (exact) mass is 407 g/mol. The molecule has 0 heterocycles. The third-order valence-electron chi connectivity index (χ3n) is 3.12. The number of amides is 1. The smallest absolute Gasteiger partial charge is 0.257 e. The maximum absolute atomic E-state index is 11.8. The van der Waals surface area contributed by atoms with E-state index in [4.69, 9.17) is 4.74 Å². The Bertz CT molecular complexity index is 707. The summed E-state index contributed by atoms with van der Waals surface area (Å²) in [4.78, 5) is 24.6. The summed E-state index contributed by atoms with van der Waals surface area (Å²) in [7, 11) is 0. The SMILES string of the molecule is CC(=O)c1cc(Br)ccc1OCC(=O)NCCSc1ccccc1. The van der Waals surface area contributed by atoms with Crippen molar-refractivity contribution in [2.24, 2.45) is 0 Å². The van der Waals surface area contributed by atoms with E-state index in [0.717, 1.165) is 10.2 Å². The fourth-order valence-electron chi connectivity index (χ4n) is 1.97. The van der Waals surface area contributed by atoms with Crippen LogP contribution < -0.4 is 10.1 Å². The fourth-order valence-corrected chi connectivity index (χ4v) is 3.12. The lowest BCUT2D eigenvalue weighted by Gasteiger charge is -2.10. The topological polar surface area (TPSA) is 55.4 Å². The summed E-state index contributed by atoms with van der Waals surface area (Å²) in [6, 6.07) is 15.2. The number of halogens is 1. The summed E-state index contributed by atoms with van der Waals surface area (Å²) in [6.07, 6.45) is 0. The van der Waals surface area contributed by atoms with Crippen LogP contribution in [0, 0.1) is 0 Å². The van der Waals surface area contributed by atoms with Gasteiger partial charge in [-0.1, -0.05) is 34.1 Å². The third kappa shape index (κ3) is 6.02. The Morgan fingerprint density at radius 3 is 2.62 bits per heavy atom. The van der Waals surface area contributed by atoms with Gasteiger partial charge in [-0.25, -0.2) is 0 Å². The zero-order valence-corrected chi connectivity index (χ0v) is 15.7. The number of thioether (sulfide) groups is 1. The Labute approximate surface area is 154 Å². The molecule has 4 nitrogen and oxygen atoms in total. The molecule has 6 heteroatoms. The summed E-state index contributed by atoms with van der Waals surface area (Å²) >= 11 is 5.00. The maximum atomic E-state index is 11.8. The molecule has 0 aliphatic rings. The van der Waals surface area contributed by atoms with Crippen LogP contribution in [0.3, 0.4) is 0 Å². The Balaban J connectivity index is 1.74. The van der Waals surface area contributed by atoms with Gasteiger partial charge in [0, 0.05) is 21.7 Å². The van der Waals surface area contributed by atoms with E-state index in [1.54, 1.807) is 30.0 Å². The van der Waals surface area contributed by atoms with Gasteiger partial charge in [0.25, 0.3) is 5.91 Å². The largest absolute Gasteiger partial charge is 0.483 e. The Hall–Kier alpha value is -1.79. The minimum absolute atomic E-state index is 0.106. The second-order valence-electron chi connectivity index (χ2n) is 5.00. The highest BCUT2D eigenvalue weighted by molar-refractivity contribution is 9.10. The number of rotatable bonds is 8. The van der Waals surface area contributed by atoms with Gasteiger partial charge in [0.15, 0.2) is 12.4 Å². The molecule has 2 rings (SSSR count). The molecule has 0 aliphatic carbocycles. The lowest BCUT2D eigenvalue weighted by atomic mass is 10.1. The van der Waals surface area contributed by atoms with Crippen molar-refractivity contribution in [3.63, 3.8) is 0 Å². The number of carbonyl (C=O) groups is 2. The molecule has 0 saturated heterocycles. The van der Waals surface area contributed by atoms with E-state index in [1.165, 1.54) is 11.8 Å². The van der Waals surface area contributed by atoms with Crippen LogP contribution >= 0.6 is 27.7 Å². The van der Waals surface area contributed by atoms with Crippen molar-refractivity contribution < 1.29 is 14.3 Å². The predicted octanol–water partition coefficient (Wildman–Crippen LogP) is 3.94. The molecule has 0 aliphatic heterocycles. The number of hydrogen-bond donors (Lipinski definition) is 1. The fraction of sp³-hybridized carbons (Fsp3) is 0.222. The number of ketones is 1. The second-order valence-corrected chi connectivity index (χ2v) is 7.08. The first-order valence-corrected chi connectivity index (χ1v) is 9.22. The van der Waals surface area contributed by atoms with Gasteiger partial charge in [0.1, 0.15) is 5.75 Å². The molecule has 0 saturated carbocycles. The highest BCUT2D eigenvalue weighted by Gasteiger charge is 2.11. The standard InChI is InChI=1S/C18H18BrNO3S/c1-13(21)16-11-14(19)7-8-17(16)23-12-18(22)20-9-10-24-15-5-3-2-4-6-15/h2-8,11H,9-10,12H2,1H3,(H,20,22). The third-order valence-corrected chi connectivity index (χ3v) is 4.62. The molecule has 2 aromatic rings. The zero-order chi connectivity index (χ0) is 17.4. The number of carbonyl (C=O) groups excluding carboxylic acids is 2. The lowest BCUT2D eigenvalue weighted by Crippen LogP contribution is -2.30. The number of ether oxygens (including phenoxy) is 1. The van der Waals surface area contributed by atoms with Crippen LogP contribution in [0.5, 0.6) is 5.75 Å². The first-order chi connectivity index (χ1) is 11.6. The van der Waals surface area contributed by atoms with Gasteiger partial charge in [0.05, 0.1) is 5.56 Å². The van der Waals surface area contributed by atoms with E-state index in [-0.39, 0.29) is 18.3 Å². The van der Waals surface area contributed by atoms with E-state index in [2.05, 4.69) is 21.2 Å². The summed E-state index contributed by atoms with van der Waals surface area (Å²) in [6.45, 7) is 1.91. The molecule has 2 aromatic carbocycles. The average Bonchev–Trinajstić information content (AvgIpc) is 2.58. The van der Waals surface area contributed by atoms with Crippen LogP contribution in [-0.2, 0) is 4.79 Å². The number of nitrogens with one attached hydrogen (secondary N) is 1. The maximum Gasteiger partial charge on any atom is 0.257 e. The molecular weight excluding hydrogens is 390 g/mol. The van der Waals surface area contributed by atoms with Crippen molar-refractivity contribution in [3.05, 3.63) is 58.6 Å². The minimum atomic E-state index is -0.207. The normalized spacial score (nSPS) is 10.2. The Morgan fingerprint density at radius 1 is 1.17 bits per heavy atom. The molecule has 0 aromatic heterocycles. The molecule has 0 bridgehead atoms. The van der Waals surface area contributed by atoms with E-state index >= 15 is 0 Å². The molecule has 1 amide bonds. The molecule has 24 heavy (non-hydrogen) atoms. The molecule has 0 radical (unpaired) electrons. The highest BCUT2D eigenvalue weighted by atomic mass is 79.9. The number of Topliss-reactive ketones (excluding diaryl/α,β-unsaturated/α-hetero) is 1. The summed E-state index contributed by atoms with van der Waals surface area (Å²) in [5.74, 6) is 0.888. The molecule has 0 fully saturated rings. The van der Waals surface area contributed by atoms with Gasteiger partial charge < -0.3 is 10.1 Å². The van der Waals surface area contributed by atoms with Crippen molar-refractivity contribution >= 4 is 39.4 Å². The van der Waals surface area contributed by atoms with Crippen LogP contribution in [0.1, 0.15) is 17.3 Å². The Kier molecular flexibility index (Phi) is 7.34. The molecule has 1 N–H and O–H groups in total. The van der Waals surface area contributed by atoms with Crippen LogP contribution in [0.4, 0.5) is 0 Å². The zero-order valence-electron chi connectivity index (χ0n) is 13.3. The predicted molar refractivity (Wildman–Crippen MR) is 99.8 cm³/mol. The quantitative estimate of drug-likeness (QED) is 0.409. The van der Waals surface area contributed by atoms with Gasteiger partial charge in [-0.15, -0.1) is 11.8 Å². The van der Waals surface area contributed by atoms with Gasteiger partial charge in [0.2, 0.25) is 0 Å². The van der Waals surface area contributed by atoms with Crippen molar-refractivity contribution in [2.45, 2.75) is 11.8 Å². The van der Waals surface area contributed by atoms with E-state index in [0.29, 0.717) is 17.9 Å². The van der Waals surface area contributed by atoms with Gasteiger partial charge >= 0.3 is 0 Å². The number of hydrogen-bond acceptors (Lipinski definition) is 4. The van der Waals surface area contributed by atoms with Crippen molar-refractivity contribution in [2.75, 3.05) is 18.9 Å². The molecule has 0 atom stereocenters. The summed E-state index contributed by atoms with van der Waals surface area (Å²) in [5, 5.41) is 2.80. The van der Waals surface area contributed by atoms with Crippen molar-refractivity contribution in [3.8, 4) is 5.75 Å². The second kappa shape index (κ2) is 9.49. The summed E-state index contributed by atoms with van der Waals surface area (Å²) < 4.78 is 6.26. The van der Waals surface area contributed by atoms with Crippen LogP contribution in [0.25, 0.3) is 0 Å². The van der Waals surface area contributed by atoms with E-state index in [1.807, 2.05) is 30.3 Å².